The zero-order valence-electron chi connectivity index (χ0n) is 10.2. The van der Waals surface area contributed by atoms with Crippen LogP contribution in [0.15, 0.2) is 24.3 Å². The van der Waals surface area contributed by atoms with Crippen LogP contribution in [-0.4, -0.2) is 32.2 Å². The molecule has 0 aliphatic carbocycles. The van der Waals surface area contributed by atoms with Gasteiger partial charge in [0, 0.05) is 25.4 Å². The number of hydrogen-bond donors (Lipinski definition) is 2. The van der Waals surface area contributed by atoms with Gasteiger partial charge in [0.25, 0.3) is 0 Å². The van der Waals surface area contributed by atoms with E-state index in [9.17, 15) is 4.79 Å². The number of carbonyl (C=O) groups is 1. The standard InChI is InChI=1S/C13H18N2O2/c1-9(8-17-2)15-13(16)11-7-14-12-6-4-3-5-10(11)12/h3-6,9,11,14H,7-8H2,1-2H3,(H,15,16). The van der Waals surface area contributed by atoms with Gasteiger partial charge >= 0.3 is 0 Å². The third-order valence-electron chi connectivity index (χ3n) is 2.95. The van der Waals surface area contributed by atoms with Gasteiger partial charge in [-0.15, -0.1) is 0 Å². The molecule has 2 rings (SSSR count). The zero-order valence-corrected chi connectivity index (χ0v) is 10.2. The summed E-state index contributed by atoms with van der Waals surface area (Å²) < 4.78 is 5.01. The first-order valence-corrected chi connectivity index (χ1v) is 5.84. The second-order valence-corrected chi connectivity index (χ2v) is 4.39. The maximum Gasteiger partial charge on any atom is 0.229 e. The Labute approximate surface area is 101 Å². The van der Waals surface area contributed by atoms with E-state index in [1.54, 1.807) is 7.11 Å². The van der Waals surface area contributed by atoms with Crippen molar-refractivity contribution in [3.8, 4) is 0 Å². The summed E-state index contributed by atoms with van der Waals surface area (Å²) in [6, 6.07) is 7.98. The molecule has 0 bridgehead atoms. The summed E-state index contributed by atoms with van der Waals surface area (Å²) >= 11 is 0. The molecule has 1 aliphatic rings. The van der Waals surface area contributed by atoms with Crippen molar-refractivity contribution in [1.29, 1.82) is 0 Å². The van der Waals surface area contributed by atoms with Crippen LogP contribution in [0, 0.1) is 0 Å². The number of nitrogens with one attached hydrogen (secondary N) is 2. The van der Waals surface area contributed by atoms with E-state index in [1.165, 1.54) is 0 Å². The molecule has 1 aromatic rings. The fourth-order valence-electron chi connectivity index (χ4n) is 2.15. The Hall–Kier alpha value is -1.55. The van der Waals surface area contributed by atoms with E-state index in [2.05, 4.69) is 10.6 Å². The number of rotatable bonds is 4. The lowest BCUT2D eigenvalue weighted by molar-refractivity contribution is -0.123. The first-order valence-electron chi connectivity index (χ1n) is 5.84. The normalized spacial score (nSPS) is 19.3. The zero-order chi connectivity index (χ0) is 12.3. The average Bonchev–Trinajstić information content (AvgIpc) is 2.72. The summed E-state index contributed by atoms with van der Waals surface area (Å²) in [6.45, 7) is 3.15. The van der Waals surface area contributed by atoms with E-state index in [1.807, 2.05) is 31.2 Å². The number of amides is 1. The number of benzene rings is 1. The first-order chi connectivity index (χ1) is 8.22. The molecule has 1 heterocycles. The summed E-state index contributed by atoms with van der Waals surface area (Å²) in [4.78, 5) is 12.1. The van der Waals surface area contributed by atoms with Gasteiger partial charge in [-0.3, -0.25) is 4.79 Å². The van der Waals surface area contributed by atoms with Crippen LogP contribution in [0.1, 0.15) is 18.4 Å². The van der Waals surface area contributed by atoms with E-state index in [4.69, 9.17) is 4.74 Å². The Bertz CT molecular complexity index is 406. The Kier molecular flexibility index (Phi) is 3.64. The van der Waals surface area contributed by atoms with Gasteiger partial charge in [0.05, 0.1) is 12.5 Å². The maximum absolute atomic E-state index is 12.1. The molecule has 0 fully saturated rings. The largest absolute Gasteiger partial charge is 0.384 e. The monoisotopic (exact) mass is 234 g/mol. The molecule has 0 aromatic heterocycles. The number of para-hydroxylation sites is 1. The predicted octanol–water partition coefficient (Wildman–Crippen LogP) is 1.35. The van der Waals surface area contributed by atoms with Crippen LogP contribution in [0.25, 0.3) is 0 Å². The highest BCUT2D eigenvalue weighted by Crippen LogP contribution is 2.30. The molecule has 92 valence electrons. The van der Waals surface area contributed by atoms with Gasteiger partial charge in [-0.2, -0.15) is 0 Å². The van der Waals surface area contributed by atoms with Crippen molar-refractivity contribution in [2.24, 2.45) is 0 Å². The Morgan fingerprint density at radius 3 is 3.12 bits per heavy atom. The van der Waals surface area contributed by atoms with Gasteiger partial charge in [0.2, 0.25) is 5.91 Å². The van der Waals surface area contributed by atoms with E-state index in [0.717, 1.165) is 11.3 Å². The molecule has 4 nitrogen and oxygen atoms in total. The average molecular weight is 234 g/mol. The minimum absolute atomic E-state index is 0.0419. The number of fused-ring (bicyclic) bond motifs is 1. The van der Waals surface area contributed by atoms with Gasteiger partial charge in [0.1, 0.15) is 0 Å². The lowest BCUT2D eigenvalue weighted by Gasteiger charge is -2.16. The van der Waals surface area contributed by atoms with Crippen LogP contribution in [0.5, 0.6) is 0 Å². The van der Waals surface area contributed by atoms with Gasteiger partial charge in [0.15, 0.2) is 0 Å². The van der Waals surface area contributed by atoms with Crippen molar-refractivity contribution >= 4 is 11.6 Å². The maximum atomic E-state index is 12.1. The SMILES string of the molecule is COCC(C)NC(=O)C1CNc2ccccc21. The third-order valence-corrected chi connectivity index (χ3v) is 2.95. The van der Waals surface area contributed by atoms with Gasteiger partial charge in [-0.1, -0.05) is 18.2 Å². The van der Waals surface area contributed by atoms with Gasteiger partial charge < -0.3 is 15.4 Å². The molecule has 1 aliphatic heterocycles. The molecule has 0 radical (unpaired) electrons. The fraction of sp³-hybridized carbons (Fsp3) is 0.462. The molecule has 1 amide bonds. The molecule has 0 saturated carbocycles. The van der Waals surface area contributed by atoms with E-state index in [0.29, 0.717) is 13.2 Å². The highest BCUT2D eigenvalue weighted by atomic mass is 16.5. The predicted molar refractivity (Wildman–Crippen MR) is 67.2 cm³/mol. The molecular weight excluding hydrogens is 216 g/mol. The third kappa shape index (κ3) is 2.58. The quantitative estimate of drug-likeness (QED) is 0.826. The molecule has 2 atom stereocenters. The number of methoxy groups -OCH3 is 1. The molecular formula is C13H18N2O2. The van der Waals surface area contributed by atoms with Crippen LogP contribution in [-0.2, 0) is 9.53 Å². The Morgan fingerprint density at radius 2 is 2.35 bits per heavy atom. The summed E-state index contributed by atoms with van der Waals surface area (Å²) in [5, 5.41) is 6.20. The number of carbonyl (C=O) groups excluding carboxylic acids is 1. The molecule has 4 heteroatoms. The molecule has 2 unspecified atom stereocenters. The fourth-order valence-corrected chi connectivity index (χ4v) is 2.15. The lowest BCUT2D eigenvalue weighted by Crippen LogP contribution is -2.39. The van der Waals surface area contributed by atoms with Crippen molar-refractivity contribution < 1.29 is 9.53 Å². The van der Waals surface area contributed by atoms with Crippen LogP contribution in [0.2, 0.25) is 0 Å². The number of anilines is 1. The number of ether oxygens (including phenoxy) is 1. The van der Waals surface area contributed by atoms with Crippen molar-refractivity contribution in [1.82, 2.24) is 5.32 Å². The van der Waals surface area contributed by atoms with Crippen LogP contribution in [0.3, 0.4) is 0 Å². The van der Waals surface area contributed by atoms with Crippen molar-refractivity contribution in [3.05, 3.63) is 29.8 Å². The highest BCUT2D eigenvalue weighted by molar-refractivity contribution is 5.88. The number of hydrogen-bond acceptors (Lipinski definition) is 3. The van der Waals surface area contributed by atoms with Crippen LogP contribution in [0.4, 0.5) is 5.69 Å². The minimum Gasteiger partial charge on any atom is -0.384 e. The first kappa shape index (κ1) is 11.9. The summed E-state index contributed by atoms with van der Waals surface area (Å²) in [5.74, 6) is -0.0301. The van der Waals surface area contributed by atoms with Gasteiger partial charge in [-0.05, 0) is 18.6 Å². The Balaban J connectivity index is 2.02. The lowest BCUT2D eigenvalue weighted by atomic mass is 10.0. The smallest absolute Gasteiger partial charge is 0.229 e. The Morgan fingerprint density at radius 1 is 1.59 bits per heavy atom. The molecule has 0 spiro atoms. The second kappa shape index (κ2) is 5.19. The summed E-state index contributed by atoms with van der Waals surface area (Å²) in [5.41, 5.74) is 2.14. The van der Waals surface area contributed by atoms with E-state index < -0.39 is 0 Å². The van der Waals surface area contributed by atoms with Crippen molar-refractivity contribution in [2.75, 3.05) is 25.6 Å². The van der Waals surface area contributed by atoms with E-state index in [-0.39, 0.29) is 17.9 Å². The van der Waals surface area contributed by atoms with Crippen molar-refractivity contribution in [3.63, 3.8) is 0 Å². The minimum atomic E-state index is -0.0921. The van der Waals surface area contributed by atoms with Crippen molar-refractivity contribution in [2.45, 2.75) is 18.9 Å². The summed E-state index contributed by atoms with van der Waals surface area (Å²) in [7, 11) is 1.63. The highest BCUT2D eigenvalue weighted by Gasteiger charge is 2.28. The van der Waals surface area contributed by atoms with Crippen LogP contribution < -0.4 is 10.6 Å². The van der Waals surface area contributed by atoms with Crippen LogP contribution >= 0.6 is 0 Å². The summed E-state index contributed by atoms with van der Waals surface area (Å²) in [6.07, 6.45) is 0. The molecule has 17 heavy (non-hydrogen) atoms. The van der Waals surface area contributed by atoms with Gasteiger partial charge in [-0.25, -0.2) is 0 Å². The molecule has 2 N–H and O–H groups in total. The second-order valence-electron chi connectivity index (χ2n) is 4.39. The molecule has 1 aromatic carbocycles. The van der Waals surface area contributed by atoms with E-state index >= 15 is 0 Å². The molecule has 0 saturated heterocycles. The topological polar surface area (TPSA) is 50.4 Å².